The van der Waals surface area contributed by atoms with Gasteiger partial charge in [0.15, 0.2) is 11.5 Å². The van der Waals surface area contributed by atoms with Crippen LogP contribution in [-0.2, 0) is 10.8 Å². The maximum Gasteiger partial charge on any atom is 0.157 e. The maximum absolute atomic E-state index is 10.0. The van der Waals surface area contributed by atoms with E-state index in [0.717, 1.165) is 11.1 Å². The van der Waals surface area contributed by atoms with Crippen molar-refractivity contribution in [1.82, 2.24) is 0 Å². The third kappa shape index (κ3) is 4.82. The van der Waals surface area contributed by atoms with Crippen LogP contribution in [0.25, 0.3) is 0 Å². The van der Waals surface area contributed by atoms with E-state index < -0.39 is 0 Å². The Bertz CT molecular complexity index is 632. The molecule has 0 unspecified atom stereocenters. The zero-order valence-electron chi connectivity index (χ0n) is 15.3. The monoisotopic (exact) mass is 332 g/mol. The van der Waals surface area contributed by atoms with E-state index in [1.807, 2.05) is 41.5 Å². The highest BCUT2D eigenvalue weighted by Crippen LogP contribution is 2.43. The Morgan fingerprint density at radius 3 is 1.00 bits per heavy atom. The average Bonchev–Trinajstić information content (AvgIpc) is 2.42. The normalized spacial score (nSPS) is 11.6. The molecule has 24 heavy (non-hydrogen) atoms. The SMILES string of the molecule is CC(C)(C)c1c(O)ccc(O)c1C(C)(C)C.Oc1ccccc1O. The zero-order chi connectivity index (χ0) is 18.7. The van der Waals surface area contributed by atoms with E-state index in [4.69, 9.17) is 10.2 Å². The third-order valence-corrected chi connectivity index (χ3v) is 3.54. The largest absolute Gasteiger partial charge is 0.508 e. The van der Waals surface area contributed by atoms with Gasteiger partial charge in [-0.25, -0.2) is 0 Å². The summed E-state index contributed by atoms with van der Waals surface area (Å²) in [5.74, 6) is 0.366. The minimum Gasteiger partial charge on any atom is -0.508 e. The van der Waals surface area contributed by atoms with Gasteiger partial charge in [0.1, 0.15) is 11.5 Å². The van der Waals surface area contributed by atoms with Crippen molar-refractivity contribution < 1.29 is 20.4 Å². The summed E-state index contributed by atoms with van der Waals surface area (Å²) >= 11 is 0. The van der Waals surface area contributed by atoms with E-state index in [-0.39, 0.29) is 33.8 Å². The molecular weight excluding hydrogens is 304 g/mol. The van der Waals surface area contributed by atoms with Gasteiger partial charge >= 0.3 is 0 Å². The van der Waals surface area contributed by atoms with Crippen molar-refractivity contribution in [3.05, 3.63) is 47.5 Å². The summed E-state index contributed by atoms with van der Waals surface area (Å²) < 4.78 is 0. The minimum atomic E-state index is -0.189. The van der Waals surface area contributed by atoms with Gasteiger partial charge in [0.2, 0.25) is 0 Å². The Hall–Kier alpha value is -2.36. The standard InChI is InChI=1S/C14H22O2.C6H6O2/c1-13(2,3)11-9(15)7-8-10(16)12(11)14(4,5)6;7-5-3-1-2-4-6(5)8/h7-8,15-16H,1-6H3;1-4,7-8H. The van der Waals surface area contributed by atoms with Crippen LogP contribution in [0.3, 0.4) is 0 Å². The molecule has 0 aromatic heterocycles. The van der Waals surface area contributed by atoms with Crippen LogP contribution < -0.4 is 0 Å². The number of hydrogen-bond acceptors (Lipinski definition) is 4. The first-order valence-corrected chi connectivity index (χ1v) is 7.88. The molecule has 0 bridgehead atoms. The smallest absolute Gasteiger partial charge is 0.157 e. The van der Waals surface area contributed by atoms with Crippen LogP contribution in [0, 0.1) is 0 Å². The fourth-order valence-electron chi connectivity index (χ4n) is 2.56. The molecule has 0 saturated carbocycles. The van der Waals surface area contributed by atoms with Crippen LogP contribution in [0.2, 0.25) is 0 Å². The van der Waals surface area contributed by atoms with E-state index in [1.165, 1.54) is 12.1 Å². The summed E-state index contributed by atoms with van der Waals surface area (Å²) in [6.45, 7) is 12.2. The van der Waals surface area contributed by atoms with E-state index in [1.54, 1.807) is 24.3 Å². The summed E-state index contributed by atoms with van der Waals surface area (Å²) in [7, 11) is 0. The van der Waals surface area contributed by atoms with Crippen molar-refractivity contribution in [2.24, 2.45) is 0 Å². The molecule has 2 rings (SSSR count). The van der Waals surface area contributed by atoms with Crippen molar-refractivity contribution in [2.75, 3.05) is 0 Å². The number of benzene rings is 2. The molecule has 2 aromatic carbocycles. The highest BCUT2D eigenvalue weighted by atomic mass is 16.3. The summed E-state index contributed by atoms with van der Waals surface area (Å²) in [5, 5.41) is 37.3. The number of rotatable bonds is 0. The number of hydrogen-bond donors (Lipinski definition) is 4. The molecule has 4 N–H and O–H groups in total. The first-order chi connectivity index (χ1) is 10.9. The lowest BCUT2D eigenvalue weighted by molar-refractivity contribution is 0.404. The van der Waals surface area contributed by atoms with Crippen molar-refractivity contribution in [3.8, 4) is 23.0 Å². The van der Waals surface area contributed by atoms with E-state index in [0.29, 0.717) is 0 Å². The Morgan fingerprint density at radius 1 is 0.500 bits per heavy atom. The minimum absolute atomic E-state index is 0.0764. The van der Waals surface area contributed by atoms with Gasteiger partial charge in [0, 0.05) is 11.1 Å². The summed E-state index contributed by atoms with van der Waals surface area (Å²) in [6, 6.07) is 9.27. The molecule has 4 heteroatoms. The van der Waals surface area contributed by atoms with Crippen LogP contribution in [0.5, 0.6) is 23.0 Å². The fraction of sp³-hybridized carbons (Fsp3) is 0.400. The van der Waals surface area contributed by atoms with Gasteiger partial charge in [-0.3, -0.25) is 0 Å². The quantitative estimate of drug-likeness (QED) is 0.413. The number of phenolic OH excluding ortho intramolecular Hbond substituents is 4. The first kappa shape index (κ1) is 19.7. The number of aromatic hydroxyl groups is 4. The third-order valence-electron chi connectivity index (χ3n) is 3.54. The van der Waals surface area contributed by atoms with Gasteiger partial charge in [-0.1, -0.05) is 53.7 Å². The average molecular weight is 332 g/mol. The van der Waals surface area contributed by atoms with Gasteiger partial charge < -0.3 is 20.4 Å². The highest BCUT2D eigenvalue weighted by molar-refractivity contribution is 5.53. The summed E-state index contributed by atoms with van der Waals surface area (Å²) in [6.07, 6.45) is 0. The molecule has 0 saturated heterocycles. The van der Waals surface area contributed by atoms with Crippen LogP contribution >= 0.6 is 0 Å². The van der Waals surface area contributed by atoms with Crippen LogP contribution in [0.4, 0.5) is 0 Å². The van der Waals surface area contributed by atoms with Crippen LogP contribution in [0.1, 0.15) is 52.7 Å². The lowest BCUT2D eigenvalue weighted by Gasteiger charge is -2.31. The topological polar surface area (TPSA) is 80.9 Å². The lowest BCUT2D eigenvalue weighted by Crippen LogP contribution is -2.22. The summed E-state index contributed by atoms with van der Waals surface area (Å²) in [5.41, 5.74) is 1.29. The Morgan fingerprint density at radius 2 is 0.792 bits per heavy atom. The molecule has 132 valence electrons. The number of para-hydroxylation sites is 2. The zero-order valence-corrected chi connectivity index (χ0v) is 15.3. The molecule has 0 spiro atoms. The molecule has 0 aliphatic rings. The molecule has 2 aromatic rings. The molecule has 0 heterocycles. The molecule has 4 nitrogen and oxygen atoms in total. The number of phenols is 4. The van der Waals surface area contributed by atoms with Crippen LogP contribution in [0.15, 0.2) is 36.4 Å². The lowest BCUT2D eigenvalue weighted by atomic mass is 9.74. The molecule has 0 radical (unpaired) electrons. The molecule has 0 atom stereocenters. The molecule has 0 fully saturated rings. The van der Waals surface area contributed by atoms with Gasteiger partial charge in [-0.2, -0.15) is 0 Å². The molecule has 0 aliphatic carbocycles. The predicted octanol–water partition coefficient (Wildman–Crippen LogP) is 4.79. The molecule has 0 aliphatic heterocycles. The first-order valence-electron chi connectivity index (χ1n) is 7.88. The molecular formula is C20H28O4. The Labute approximate surface area is 144 Å². The van der Waals surface area contributed by atoms with Crippen molar-refractivity contribution >= 4 is 0 Å². The van der Waals surface area contributed by atoms with Crippen molar-refractivity contribution in [3.63, 3.8) is 0 Å². The van der Waals surface area contributed by atoms with Gasteiger partial charge in [-0.05, 0) is 35.1 Å². The van der Waals surface area contributed by atoms with Crippen LogP contribution in [-0.4, -0.2) is 20.4 Å². The van der Waals surface area contributed by atoms with Crippen molar-refractivity contribution in [2.45, 2.75) is 52.4 Å². The second kappa shape index (κ2) is 7.04. The second-order valence-corrected chi connectivity index (χ2v) is 7.84. The Kier molecular flexibility index (Phi) is 5.77. The van der Waals surface area contributed by atoms with Crippen molar-refractivity contribution in [1.29, 1.82) is 0 Å². The maximum atomic E-state index is 10.0. The predicted molar refractivity (Wildman–Crippen MR) is 96.9 cm³/mol. The van der Waals surface area contributed by atoms with Gasteiger partial charge in [0.05, 0.1) is 0 Å². The van der Waals surface area contributed by atoms with Gasteiger partial charge in [-0.15, -0.1) is 0 Å². The summed E-state index contributed by atoms with van der Waals surface area (Å²) in [4.78, 5) is 0. The fourth-order valence-corrected chi connectivity index (χ4v) is 2.56. The van der Waals surface area contributed by atoms with E-state index in [9.17, 15) is 10.2 Å². The van der Waals surface area contributed by atoms with E-state index >= 15 is 0 Å². The Balaban J connectivity index is 0.000000300. The second-order valence-electron chi connectivity index (χ2n) is 7.84. The highest BCUT2D eigenvalue weighted by Gasteiger charge is 2.30. The van der Waals surface area contributed by atoms with Gasteiger partial charge in [0.25, 0.3) is 0 Å². The molecule has 0 amide bonds. The van der Waals surface area contributed by atoms with E-state index in [2.05, 4.69) is 0 Å².